The molecule has 3 unspecified atom stereocenters. The minimum Gasteiger partial charge on any atom is -0.762 e. The van der Waals surface area contributed by atoms with Gasteiger partial charge in [-0.25, -0.2) is 0 Å². The topological polar surface area (TPSA) is 35.5 Å². The van der Waals surface area contributed by atoms with Crippen LogP contribution in [0.4, 0.5) is 0 Å². The number of fused-ring (bicyclic) bond motifs is 1. The van der Waals surface area contributed by atoms with Crippen LogP contribution in [0.1, 0.15) is 73.6 Å². The highest BCUT2D eigenvalue weighted by atomic mass is 16.9. The Morgan fingerprint density at radius 3 is 2.57 bits per heavy atom. The molecule has 0 heterocycles. The van der Waals surface area contributed by atoms with Crippen molar-refractivity contribution in [3.05, 3.63) is 28.0 Å². The van der Waals surface area contributed by atoms with Gasteiger partial charge in [-0.2, -0.15) is 0 Å². The Bertz CT molecular complexity index is 508. The Morgan fingerprint density at radius 1 is 1.35 bits per heavy atom. The average molecular weight is 320 g/mol. The first-order valence-corrected chi connectivity index (χ1v) is 9.06. The monoisotopic (exact) mass is 320 g/mol. The zero-order valence-electron chi connectivity index (χ0n) is 16.0. The summed E-state index contributed by atoms with van der Waals surface area (Å²) in [7, 11) is 1.50. The lowest BCUT2D eigenvalue weighted by atomic mass is 9.52. The number of hydroxylamine groups is 2. The van der Waals surface area contributed by atoms with Crippen LogP contribution in [0.25, 0.3) is 0 Å². The van der Waals surface area contributed by atoms with Crippen molar-refractivity contribution < 1.29 is 4.84 Å². The van der Waals surface area contributed by atoms with Crippen LogP contribution in [0.15, 0.2) is 22.8 Å². The molecule has 0 radical (unpaired) electrons. The van der Waals surface area contributed by atoms with Gasteiger partial charge in [-0.1, -0.05) is 44.4 Å². The number of hydrogen-bond acceptors (Lipinski definition) is 3. The molecule has 1 fully saturated rings. The standard InChI is InChI=1S/C20H34NO2/c1-14(2)15(3)13-17-9-10-18-19(5,16(17)4)11-8-12-20(18,6)21(22)23-7/h13-14,18H,8-12H2,1-7H3/q-1/b15-13+. The lowest BCUT2D eigenvalue weighted by Gasteiger charge is -2.60. The largest absolute Gasteiger partial charge is 0.762 e. The molecule has 0 aromatic carbocycles. The van der Waals surface area contributed by atoms with Crippen molar-refractivity contribution in [2.75, 3.05) is 7.11 Å². The Balaban J connectivity index is 2.42. The van der Waals surface area contributed by atoms with Gasteiger partial charge in [0, 0.05) is 5.54 Å². The van der Waals surface area contributed by atoms with Gasteiger partial charge in [-0.3, -0.25) is 5.23 Å². The third kappa shape index (κ3) is 3.16. The summed E-state index contributed by atoms with van der Waals surface area (Å²) in [5, 5.41) is 13.3. The fourth-order valence-electron chi connectivity index (χ4n) is 4.83. The SMILES string of the molecule is CON([O-])C1(C)CCCC2(C)C(C)=C(/C=C(\C)C(C)C)CCC21. The molecule has 23 heavy (non-hydrogen) atoms. The molecular weight excluding hydrogens is 286 g/mol. The summed E-state index contributed by atoms with van der Waals surface area (Å²) in [6, 6.07) is 0. The fourth-order valence-corrected chi connectivity index (χ4v) is 4.83. The summed E-state index contributed by atoms with van der Waals surface area (Å²) in [6.45, 7) is 13.5. The van der Waals surface area contributed by atoms with Crippen molar-refractivity contribution >= 4 is 0 Å². The molecule has 0 aliphatic heterocycles. The Morgan fingerprint density at radius 2 is 2.00 bits per heavy atom. The van der Waals surface area contributed by atoms with E-state index in [4.69, 9.17) is 4.84 Å². The van der Waals surface area contributed by atoms with E-state index >= 15 is 0 Å². The van der Waals surface area contributed by atoms with Crippen LogP contribution in [0, 0.1) is 22.5 Å². The molecule has 0 N–H and O–H groups in total. The van der Waals surface area contributed by atoms with Crippen molar-refractivity contribution in [1.82, 2.24) is 5.23 Å². The number of hydrogen-bond donors (Lipinski definition) is 0. The predicted octanol–water partition coefficient (Wildman–Crippen LogP) is 5.63. The first-order valence-electron chi connectivity index (χ1n) is 9.06. The molecule has 0 saturated heterocycles. The molecule has 1 saturated carbocycles. The normalized spacial score (nSPS) is 35.9. The Hall–Kier alpha value is -0.640. The highest BCUT2D eigenvalue weighted by Gasteiger charge is 2.52. The van der Waals surface area contributed by atoms with Gasteiger partial charge in [-0.05, 0) is 69.3 Å². The van der Waals surface area contributed by atoms with Crippen LogP contribution < -0.4 is 0 Å². The first kappa shape index (κ1) is 18.7. The number of rotatable bonds is 4. The molecular formula is C20H34NO2-. The van der Waals surface area contributed by atoms with Gasteiger partial charge in [0.2, 0.25) is 0 Å². The van der Waals surface area contributed by atoms with E-state index < -0.39 is 5.54 Å². The van der Waals surface area contributed by atoms with E-state index in [9.17, 15) is 5.21 Å². The van der Waals surface area contributed by atoms with Gasteiger partial charge in [-0.15, -0.1) is 0 Å². The van der Waals surface area contributed by atoms with Gasteiger partial charge in [0.25, 0.3) is 0 Å². The van der Waals surface area contributed by atoms with E-state index in [1.54, 1.807) is 0 Å². The minimum atomic E-state index is -0.411. The maximum Gasteiger partial charge on any atom is 0.0563 e. The number of allylic oxidation sites excluding steroid dienone is 4. The summed E-state index contributed by atoms with van der Waals surface area (Å²) in [6.07, 6.45) is 7.73. The van der Waals surface area contributed by atoms with Gasteiger partial charge in [0.15, 0.2) is 0 Å². The van der Waals surface area contributed by atoms with Crippen LogP contribution >= 0.6 is 0 Å². The zero-order valence-corrected chi connectivity index (χ0v) is 16.0. The summed E-state index contributed by atoms with van der Waals surface area (Å²) in [4.78, 5) is 5.09. The molecule has 2 aliphatic rings. The minimum absolute atomic E-state index is 0.107. The zero-order chi connectivity index (χ0) is 17.4. The summed E-state index contributed by atoms with van der Waals surface area (Å²) in [5.41, 5.74) is 4.13. The van der Waals surface area contributed by atoms with Gasteiger partial charge in [0.05, 0.1) is 7.11 Å². The first-order chi connectivity index (χ1) is 10.7. The lowest BCUT2D eigenvalue weighted by Crippen LogP contribution is -2.57. The second-order valence-corrected chi connectivity index (χ2v) is 8.35. The van der Waals surface area contributed by atoms with Gasteiger partial charge in [0.1, 0.15) is 0 Å². The van der Waals surface area contributed by atoms with Crippen LogP contribution in [-0.4, -0.2) is 17.9 Å². The van der Waals surface area contributed by atoms with Gasteiger partial charge >= 0.3 is 0 Å². The maximum absolute atomic E-state index is 12.4. The molecule has 0 aromatic rings. The highest BCUT2D eigenvalue weighted by molar-refractivity contribution is 5.36. The van der Waals surface area contributed by atoms with Crippen LogP contribution in [0.2, 0.25) is 0 Å². The van der Waals surface area contributed by atoms with Crippen LogP contribution in [0.3, 0.4) is 0 Å². The lowest BCUT2D eigenvalue weighted by molar-refractivity contribution is -0.203. The van der Waals surface area contributed by atoms with E-state index in [1.165, 1.54) is 30.2 Å². The van der Waals surface area contributed by atoms with E-state index in [0.717, 1.165) is 30.9 Å². The third-order valence-electron chi connectivity index (χ3n) is 6.84. The number of nitrogens with zero attached hydrogens (tertiary/aromatic N) is 1. The second kappa shape index (κ2) is 6.70. The maximum atomic E-state index is 12.4. The summed E-state index contributed by atoms with van der Waals surface area (Å²) in [5.74, 6) is 0.945. The second-order valence-electron chi connectivity index (χ2n) is 8.35. The van der Waals surface area contributed by atoms with E-state index in [0.29, 0.717) is 11.8 Å². The highest BCUT2D eigenvalue weighted by Crippen LogP contribution is 2.58. The Labute approximate surface area is 142 Å². The third-order valence-corrected chi connectivity index (χ3v) is 6.84. The van der Waals surface area contributed by atoms with Crippen molar-refractivity contribution in [3.8, 4) is 0 Å². The quantitative estimate of drug-likeness (QED) is 0.630. The smallest absolute Gasteiger partial charge is 0.0563 e. The predicted molar refractivity (Wildman–Crippen MR) is 96.6 cm³/mol. The van der Waals surface area contributed by atoms with Crippen molar-refractivity contribution in [2.24, 2.45) is 17.3 Å². The Kier molecular flexibility index (Phi) is 5.44. The molecule has 3 heteroatoms. The summed E-state index contributed by atoms with van der Waals surface area (Å²) < 4.78 is 0. The molecule has 2 aliphatic carbocycles. The average Bonchev–Trinajstić information content (AvgIpc) is 2.50. The molecule has 0 bridgehead atoms. The molecule has 3 atom stereocenters. The molecule has 132 valence electrons. The molecule has 0 aromatic heterocycles. The van der Waals surface area contributed by atoms with Crippen LogP contribution in [-0.2, 0) is 4.84 Å². The van der Waals surface area contributed by atoms with E-state index in [2.05, 4.69) is 47.6 Å². The molecule has 0 spiro atoms. The van der Waals surface area contributed by atoms with Gasteiger partial charge < -0.3 is 10.0 Å². The van der Waals surface area contributed by atoms with Crippen molar-refractivity contribution in [3.63, 3.8) is 0 Å². The fraction of sp³-hybridized carbons (Fsp3) is 0.800. The van der Waals surface area contributed by atoms with E-state index in [-0.39, 0.29) is 5.41 Å². The van der Waals surface area contributed by atoms with Crippen molar-refractivity contribution in [1.29, 1.82) is 0 Å². The van der Waals surface area contributed by atoms with Crippen LogP contribution in [0.5, 0.6) is 0 Å². The molecule has 0 amide bonds. The molecule has 2 rings (SSSR count). The summed E-state index contributed by atoms with van der Waals surface area (Å²) >= 11 is 0. The molecule has 3 nitrogen and oxygen atoms in total. The van der Waals surface area contributed by atoms with Crippen molar-refractivity contribution in [2.45, 2.75) is 79.2 Å². The van der Waals surface area contributed by atoms with E-state index in [1.807, 2.05) is 0 Å².